The van der Waals surface area contributed by atoms with E-state index >= 15 is 0 Å². The Bertz CT molecular complexity index is 774. The molecule has 0 saturated heterocycles. The van der Waals surface area contributed by atoms with Crippen LogP contribution in [0, 0.1) is 12.3 Å². The molecule has 1 N–H and O–H groups in total. The average molecular weight is 299 g/mol. The quantitative estimate of drug-likeness (QED) is 0.796. The number of fused-ring (bicyclic) bond motifs is 1. The summed E-state index contributed by atoms with van der Waals surface area (Å²) in [5, 5.41) is 8.21. The lowest BCUT2D eigenvalue weighted by Crippen LogP contribution is -2.30. The molecule has 0 bridgehead atoms. The lowest BCUT2D eigenvalue weighted by atomic mass is 10.1. The third-order valence-electron chi connectivity index (χ3n) is 3.08. The number of carbonyl (C=O) groups is 1. The van der Waals surface area contributed by atoms with Crippen LogP contribution in [0.25, 0.3) is 10.8 Å². The van der Waals surface area contributed by atoms with Crippen molar-refractivity contribution in [1.29, 1.82) is 0 Å². The number of carbonyl (C=O) groups excluding carboxylic acids is 1. The van der Waals surface area contributed by atoms with Gasteiger partial charge in [0.2, 0.25) is 5.91 Å². The summed E-state index contributed by atoms with van der Waals surface area (Å²) in [6.45, 7) is 2.58. The smallest absolute Gasteiger partial charge is 0.275 e. The van der Waals surface area contributed by atoms with Gasteiger partial charge in [0.05, 0.1) is 17.6 Å². The summed E-state index contributed by atoms with van der Waals surface area (Å²) < 4.78 is 6.27. The maximum absolute atomic E-state index is 12.2. The first-order valence-electron chi connectivity index (χ1n) is 6.94. The molecule has 114 valence electrons. The topological polar surface area (TPSA) is 73.2 Å². The van der Waals surface area contributed by atoms with Crippen LogP contribution in [0.2, 0.25) is 0 Å². The summed E-state index contributed by atoms with van der Waals surface area (Å²) in [5.41, 5.74) is 0.355. The highest BCUT2D eigenvalue weighted by molar-refractivity contribution is 5.84. The highest BCUT2D eigenvalue weighted by Crippen LogP contribution is 2.12. The van der Waals surface area contributed by atoms with Gasteiger partial charge in [-0.15, -0.1) is 6.42 Å². The molecule has 0 aliphatic heterocycles. The molecule has 0 spiro atoms. The molecular formula is C16H17N3O3. The van der Waals surface area contributed by atoms with Crippen molar-refractivity contribution < 1.29 is 9.53 Å². The largest absolute Gasteiger partial charge is 0.372 e. The Morgan fingerprint density at radius 2 is 2.14 bits per heavy atom. The van der Waals surface area contributed by atoms with Crippen LogP contribution < -0.4 is 10.9 Å². The van der Waals surface area contributed by atoms with E-state index < -0.39 is 0 Å². The van der Waals surface area contributed by atoms with Crippen LogP contribution in [0.5, 0.6) is 0 Å². The summed E-state index contributed by atoms with van der Waals surface area (Å²) in [6, 6.07) is 7.12. The monoisotopic (exact) mass is 299 g/mol. The van der Waals surface area contributed by atoms with Gasteiger partial charge in [0.25, 0.3) is 5.56 Å². The van der Waals surface area contributed by atoms with Crippen LogP contribution in [-0.2, 0) is 22.6 Å². The Kier molecular flexibility index (Phi) is 5.28. The van der Waals surface area contributed by atoms with E-state index in [4.69, 9.17) is 11.2 Å². The summed E-state index contributed by atoms with van der Waals surface area (Å²) in [6.07, 6.45) is 5.26. The predicted octanol–water partition coefficient (Wildman–Crippen LogP) is 0.682. The molecule has 0 fully saturated rings. The van der Waals surface area contributed by atoms with Crippen LogP contribution >= 0.6 is 0 Å². The fraction of sp³-hybridized carbons (Fsp3) is 0.312. The van der Waals surface area contributed by atoms with Crippen molar-refractivity contribution in [2.75, 3.05) is 13.2 Å². The van der Waals surface area contributed by atoms with Gasteiger partial charge in [0, 0.05) is 12.0 Å². The number of nitrogens with one attached hydrogen (secondary N) is 1. The molecule has 0 unspecified atom stereocenters. The molecule has 0 aliphatic rings. The standard InChI is InChI=1S/C16H17N3O3/c1-3-9-19-16(21)13-8-6-5-7-12(13)14(18-19)10-17-15(20)11-22-4-2/h1,5-8H,4,9-11H2,2H3,(H,17,20). The lowest BCUT2D eigenvalue weighted by molar-refractivity contribution is -0.125. The minimum Gasteiger partial charge on any atom is -0.372 e. The van der Waals surface area contributed by atoms with Gasteiger partial charge in [-0.2, -0.15) is 5.10 Å². The van der Waals surface area contributed by atoms with Crippen molar-refractivity contribution in [3.63, 3.8) is 0 Å². The van der Waals surface area contributed by atoms with Crippen molar-refractivity contribution in [1.82, 2.24) is 15.1 Å². The molecule has 2 rings (SSSR count). The molecule has 6 nitrogen and oxygen atoms in total. The van der Waals surface area contributed by atoms with Crippen molar-refractivity contribution in [2.24, 2.45) is 0 Å². The Labute approximate surface area is 128 Å². The number of rotatable bonds is 6. The predicted molar refractivity (Wildman–Crippen MR) is 83.2 cm³/mol. The molecule has 22 heavy (non-hydrogen) atoms. The molecule has 0 aliphatic carbocycles. The summed E-state index contributed by atoms with van der Waals surface area (Å²) in [7, 11) is 0. The molecule has 2 aromatic rings. The van der Waals surface area contributed by atoms with Crippen LogP contribution in [-0.4, -0.2) is 28.9 Å². The number of hydrogen-bond acceptors (Lipinski definition) is 4. The second kappa shape index (κ2) is 7.38. The molecule has 1 aromatic heterocycles. The Hall–Kier alpha value is -2.65. The minimum absolute atomic E-state index is 0.00156. The molecule has 0 saturated carbocycles. The first kappa shape index (κ1) is 15.7. The number of benzene rings is 1. The van der Waals surface area contributed by atoms with Crippen LogP contribution in [0.3, 0.4) is 0 Å². The maximum atomic E-state index is 12.2. The second-order valence-corrected chi connectivity index (χ2v) is 4.57. The molecule has 6 heteroatoms. The van der Waals surface area contributed by atoms with Gasteiger partial charge >= 0.3 is 0 Å². The molecule has 0 atom stereocenters. The van der Waals surface area contributed by atoms with Crippen LogP contribution in [0.15, 0.2) is 29.1 Å². The normalized spacial score (nSPS) is 10.4. The number of aromatic nitrogens is 2. The Morgan fingerprint density at radius 1 is 1.41 bits per heavy atom. The van der Waals surface area contributed by atoms with Crippen molar-refractivity contribution in [2.45, 2.75) is 20.0 Å². The number of terminal acetylenes is 1. The zero-order valence-corrected chi connectivity index (χ0v) is 12.3. The summed E-state index contributed by atoms with van der Waals surface area (Å²) in [5.74, 6) is 2.17. The highest BCUT2D eigenvalue weighted by atomic mass is 16.5. The maximum Gasteiger partial charge on any atom is 0.275 e. The van der Waals surface area contributed by atoms with E-state index in [1.165, 1.54) is 4.68 Å². The number of ether oxygens (including phenoxy) is 1. The Morgan fingerprint density at radius 3 is 2.82 bits per heavy atom. The van der Waals surface area contributed by atoms with Gasteiger partial charge in [-0.05, 0) is 13.0 Å². The van der Waals surface area contributed by atoms with Gasteiger partial charge in [0.15, 0.2) is 0 Å². The summed E-state index contributed by atoms with van der Waals surface area (Å²) in [4.78, 5) is 23.9. The third-order valence-corrected chi connectivity index (χ3v) is 3.08. The molecule has 1 heterocycles. The zero-order valence-electron chi connectivity index (χ0n) is 12.3. The van der Waals surface area contributed by atoms with Crippen molar-refractivity contribution >= 4 is 16.7 Å². The van der Waals surface area contributed by atoms with Crippen molar-refractivity contribution in [3.05, 3.63) is 40.3 Å². The number of hydrogen-bond donors (Lipinski definition) is 1. The van der Waals surface area contributed by atoms with E-state index in [2.05, 4.69) is 16.3 Å². The Balaban J connectivity index is 2.32. The van der Waals surface area contributed by atoms with E-state index in [1.54, 1.807) is 18.2 Å². The van der Waals surface area contributed by atoms with Gasteiger partial charge < -0.3 is 10.1 Å². The van der Waals surface area contributed by atoms with E-state index in [0.717, 1.165) is 0 Å². The van der Waals surface area contributed by atoms with E-state index in [0.29, 0.717) is 23.1 Å². The van der Waals surface area contributed by atoms with Gasteiger partial charge in [-0.3, -0.25) is 9.59 Å². The van der Waals surface area contributed by atoms with Gasteiger partial charge in [-0.25, -0.2) is 4.68 Å². The first-order chi connectivity index (χ1) is 10.7. The SMILES string of the molecule is C#CCn1nc(CNC(=O)COCC)c2ccccc2c1=O. The second-order valence-electron chi connectivity index (χ2n) is 4.57. The lowest BCUT2D eigenvalue weighted by Gasteiger charge is -2.10. The fourth-order valence-corrected chi connectivity index (χ4v) is 2.06. The third kappa shape index (κ3) is 3.51. The van der Waals surface area contributed by atoms with Crippen molar-refractivity contribution in [3.8, 4) is 12.3 Å². The zero-order chi connectivity index (χ0) is 15.9. The number of amides is 1. The van der Waals surface area contributed by atoms with Crippen LogP contribution in [0.4, 0.5) is 0 Å². The van der Waals surface area contributed by atoms with Gasteiger partial charge in [-0.1, -0.05) is 24.1 Å². The summed E-state index contributed by atoms with van der Waals surface area (Å²) >= 11 is 0. The first-order valence-corrected chi connectivity index (χ1v) is 6.94. The highest BCUT2D eigenvalue weighted by Gasteiger charge is 2.10. The number of nitrogens with zero attached hydrogens (tertiary/aromatic N) is 2. The minimum atomic E-state index is -0.238. The van der Waals surface area contributed by atoms with Crippen LogP contribution in [0.1, 0.15) is 12.6 Å². The molecular weight excluding hydrogens is 282 g/mol. The van der Waals surface area contributed by atoms with Gasteiger partial charge in [0.1, 0.15) is 13.2 Å². The fourth-order valence-electron chi connectivity index (χ4n) is 2.06. The van der Waals surface area contributed by atoms with E-state index in [1.807, 2.05) is 13.0 Å². The van der Waals surface area contributed by atoms with E-state index in [-0.39, 0.29) is 31.2 Å². The average Bonchev–Trinajstić information content (AvgIpc) is 2.54. The molecule has 0 radical (unpaired) electrons. The molecule has 1 amide bonds. The van der Waals surface area contributed by atoms with E-state index in [9.17, 15) is 9.59 Å². The molecule has 1 aromatic carbocycles.